The molecule has 0 amide bonds. The summed E-state index contributed by atoms with van der Waals surface area (Å²) in [4.78, 5) is 10.8. The number of rotatable bonds is 2. The SMILES string of the molecule is O=C(O)c1ccc(CO)c(F)c1C(Cl)(Cl)Cl. The zero-order valence-electron chi connectivity index (χ0n) is 7.68. The van der Waals surface area contributed by atoms with E-state index in [0.717, 1.165) is 12.1 Å². The first-order chi connectivity index (χ1) is 7.29. The van der Waals surface area contributed by atoms with Crippen LogP contribution in [0.5, 0.6) is 0 Å². The maximum absolute atomic E-state index is 13.7. The van der Waals surface area contributed by atoms with Gasteiger partial charge in [0, 0.05) is 5.56 Å². The minimum absolute atomic E-state index is 0.133. The highest BCUT2D eigenvalue weighted by Crippen LogP contribution is 2.42. The number of benzene rings is 1. The van der Waals surface area contributed by atoms with E-state index in [1.165, 1.54) is 0 Å². The van der Waals surface area contributed by atoms with Crippen molar-refractivity contribution in [3.8, 4) is 0 Å². The minimum atomic E-state index is -2.21. The Morgan fingerprint density at radius 1 is 1.38 bits per heavy atom. The smallest absolute Gasteiger partial charge is 0.336 e. The summed E-state index contributed by atoms with van der Waals surface area (Å²) in [5, 5.41) is 17.6. The molecule has 1 aromatic rings. The molecule has 88 valence electrons. The fourth-order valence-electron chi connectivity index (χ4n) is 1.20. The van der Waals surface area contributed by atoms with E-state index in [9.17, 15) is 9.18 Å². The number of halogens is 4. The molecule has 0 heterocycles. The van der Waals surface area contributed by atoms with Gasteiger partial charge in [-0.3, -0.25) is 0 Å². The molecule has 0 saturated carbocycles. The molecular formula is C9H6Cl3FO3. The standard InChI is InChI=1S/C9H6Cl3FO3/c10-9(11,12)6-5(8(15)16)2-1-4(3-14)7(6)13/h1-2,14H,3H2,(H,15,16). The van der Waals surface area contributed by atoms with Gasteiger partial charge in [-0.1, -0.05) is 40.9 Å². The highest BCUT2D eigenvalue weighted by Gasteiger charge is 2.33. The van der Waals surface area contributed by atoms with Crippen molar-refractivity contribution >= 4 is 40.8 Å². The summed E-state index contributed by atoms with van der Waals surface area (Å²) in [5.41, 5.74) is -1.16. The summed E-state index contributed by atoms with van der Waals surface area (Å²) in [6, 6.07) is 2.20. The number of carboxylic acids is 1. The second-order valence-corrected chi connectivity index (χ2v) is 5.20. The third kappa shape index (κ3) is 2.58. The number of aromatic carboxylic acids is 1. The molecule has 0 bridgehead atoms. The fraction of sp³-hybridized carbons (Fsp3) is 0.222. The first kappa shape index (κ1) is 13.5. The van der Waals surface area contributed by atoms with E-state index in [-0.39, 0.29) is 5.56 Å². The van der Waals surface area contributed by atoms with Crippen molar-refractivity contribution in [1.82, 2.24) is 0 Å². The quantitative estimate of drug-likeness (QED) is 0.822. The number of aliphatic hydroxyl groups is 1. The summed E-state index contributed by atoms with van der Waals surface area (Å²) < 4.78 is 11.5. The van der Waals surface area contributed by atoms with Crippen LogP contribution >= 0.6 is 34.8 Å². The van der Waals surface area contributed by atoms with Crippen molar-refractivity contribution in [2.24, 2.45) is 0 Å². The van der Waals surface area contributed by atoms with Gasteiger partial charge in [-0.25, -0.2) is 9.18 Å². The van der Waals surface area contributed by atoms with Crippen LogP contribution in [0.4, 0.5) is 4.39 Å². The van der Waals surface area contributed by atoms with Crippen molar-refractivity contribution in [2.45, 2.75) is 10.4 Å². The van der Waals surface area contributed by atoms with Gasteiger partial charge in [0.15, 0.2) is 0 Å². The molecule has 0 saturated heterocycles. The van der Waals surface area contributed by atoms with Crippen LogP contribution < -0.4 is 0 Å². The number of hydrogen-bond acceptors (Lipinski definition) is 2. The molecule has 2 N–H and O–H groups in total. The van der Waals surface area contributed by atoms with Gasteiger partial charge >= 0.3 is 5.97 Å². The van der Waals surface area contributed by atoms with Crippen LogP contribution in [0.2, 0.25) is 0 Å². The number of carboxylic acid groups (broad SMARTS) is 1. The summed E-state index contributed by atoms with van der Waals surface area (Å²) in [6.07, 6.45) is 0. The predicted molar refractivity (Wildman–Crippen MR) is 58.5 cm³/mol. The molecule has 1 rings (SSSR count). The number of hydrogen-bond donors (Lipinski definition) is 2. The molecule has 1 aromatic carbocycles. The van der Waals surface area contributed by atoms with Gasteiger partial charge in [0.1, 0.15) is 5.82 Å². The maximum Gasteiger partial charge on any atom is 0.336 e. The van der Waals surface area contributed by atoms with E-state index in [0.29, 0.717) is 0 Å². The van der Waals surface area contributed by atoms with Gasteiger partial charge in [-0.15, -0.1) is 0 Å². The number of aliphatic hydroxyl groups excluding tert-OH is 1. The Kier molecular flexibility index (Phi) is 4.02. The van der Waals surface area contributed by atoms with Crippen LogP contribution in [0.1, 0.15) is 21.5 Å². The molecule has 0 spiro atoms. The molecule has 0 aromatic heterocycles. The van der Waals surface area contributed by atoms with Crippen LogP contribution in [0.3, 0.4) is 0 Å². The maximum atomic E-state index is 13.7. The average molecular weight is 288 g/mol. The first-order valence-electron chi connectivity index (χ1n) is 4.01. The molecule has 16 heavy (non-hydrogen) atoms. The van der Waals surface area contributed by atoms with Crippen molar-refractivity contribution in [2.75, 3.05) is 0 Å². The molecule has 0 fully saturated rings. The predicted octanol–water partition coefficient (Wildman–Crippen LogP) is 2.84. The Labute approximate surface area is 105 Å². The Morgan fingerprint density at radius 3 is 2.31 bits per heavy atom. The van der Waals surface area contributed by atoms with Gasteiger partial charge in [0.25, 0.3) is 0 Å². The number of carbonyl (C=O) groups is 1. The van der Waals surface area contributed by atoms with Crippen LogP contribution in [0.25, 0.3) is 0 Å². The van der Waals surface area contributed by atoms with E-state index in [4.69, 9.17) is 45.0 Å². The van der Waals surface area contributed by atoms with Gasteiger partial charge < -0.3 is 10.2 Å². The summed E-state index contributed by atoms with van der Waals surface area (Å²) >= 11 is 16.5. The normalized spacial score (nSPS) is 11.6. The van der Waals surface area contributed by atoms with Crippen LogP contribution in [-0.4, -0.2) is 16.2 Å². The lowest BCUT2D eigenvalue weighted by atomic mass is 10.0. The molecule has 0 aliphatic heterocycles. The fourth-order valence-corrected chi connectivity index (χ4v) is 1.75. The Hall–Kier alpha value is -0.550. The molecule has 7 heteroatoms. The van der Waals surface area contributed by atoms with Crippen LogP contribution in [-0.2, 0) is 10.4 Å². The summed E-state index contributed by atoms with van der Waals surface area (Å²) in [6.45, 7) is -0.612. The van der Waals surface area contributed by atoms with Gasteiger partial charge in [0.05, 0.1) is 17.7 Å². The van der Waals surface area contributed by atoms with Gasteiger partial charge in [0.2, 0.25) is 3.79 Å². The molecule has 3 nitrogen and oxygen atoms in total. The molecule has 0 radical (unpaired) electrons. The largest absolute Gasteiger partial charge is 0.478 e. The number of alkyl halides is 3. The van der Waals surface area contributed by atoms with Crippen molar-refractivity contribution in [1.29, 1.82) is 0 Å². The Bertz CT molecular complexity index is 429. The zero-order valence-corrected chi connectivity index (χ0v) is 9.94. The highest BCUT2D eigenvalue weighted by atomic mass is 35.6. The molecule has 0 unspecified atom stereocenters. The molecule has 0 aliphatic carbocycles. The van der Waals surface area contributed by atoms with Crippen LogP contribution in [0.15, 0.2) is 12.1 Å². The minimum Gasteiger partial charge on any atom is -0.478 e. The highest BCUT2D eigenvalue weighted by molar-refractivity contribution is 6.67. The van der Waals surface area contributed by atoms with Gasteiger partial charge in [-0.05, 0) is 6.07 Å². The summed E-state index contributed by atoms with van der Waals surface area (Å²) in [7, 11) is 0. The lowest BCUT2D eigenvalue weighted by Crippen LogP contribution is -2.14. The van der Waals surface area contributed by atoms with E-state index < -0.39 is 33.3 Å². The van der Waals surface area contributed by atoms with E-state index >= 15 is 0 Å². The average Bonchev–Trinajstić information content (AvgIpc) is 2.14. The third-order valence-electron chi connectivity index (χ3n) is 1.91. The Balaban J connectivity index is 3.56. The molecule has 0 aliphatic rings. The van der Waals surface area contributed by atoms with Crippen molar-refractivity contribution < 1.29 is 19.4 Å². The van der Waals surface area contributed by atoms with Gasteiger partial charge in [-0.2, -0.15) is 0 Å². The third-order valence-corrected chi connectivity index (χ3v) is 2.47. The van der Waals surface area contributed by atoms with E-state index in [1.54, 1.807) is 0 Å². The first-order valence-corrected chi connectivity index (χ1v) is 5.15. The lowest BCUT2D eigenvalue weighted by Gasteiger charge is -2.16. The second kappa shape index (κ2) is 4.75. The van der Waals surface area contributed by atoms with E-state index in [1.807, 2.05) is 0 Å². The molecule has 0 atom stereocenters. The van der Waals surface area contributed by atoms with Crippen LogP contribution in [0, 0.1) is 5.82 Å². The zero-order chi connectivity index (χ0) is 12.5. The lowest BCUT2D eigenvalue weighted by molar-refractivity contribution is 0.0695. The Morgan fingerprint density at radius 2 is 1.94 bits per heavy atom. The topological polar surface area (TPSA) is 57.5 Å². The second-order valence-electron chi connectivity index (χ2n) is 2.92. The summed E-state index contributed by atoms with van der Waals surface area (Å²) in [5.74, 6) is -2.44. The van der Waals surface area contributed by atoms with Crippen molar-refractivity contribution in [3.63, 3.8) is 0 Å². The van der Waals surface area contributed by atoms with E-state index in [2.05, 4.69) is 0 Å². The monoisotopic (exact) mass is 286 g/mol. The van der Waals surface area contributed by atoms with Crippen molar-refractivity contribution in [3.05, 3.63) is 34.6 Å². The molecular weight excluding hydrogens is 281 g/mol.